The lowest BCUT2D eigenvalue weighted by Gasteiger charge is -2.20. The highest BCUT2D eigenvalue weighted by Crippen LogP contribution is 2.29. The molecule has 1 aliphatic rings. The first-order valence-electron chi connectivity index (χ1n) is 5.41. The average molecular weight is 232 g/mol. The van der Waals surface area contributed by atoms with Crippen LogP contribution in [0.25, 0.3) is 0 Å². The van der Waals surface area contributed by atoms with E-state index in [9.17, 15) is 4.79 Å². The molecule has 1 fully saturated rings. The van der Waals surface area contributed by atoms with E-state index in [-0.39, 0.29) is 5.56 Å². The second kappa shape index (κ2) is 4.78. The van der Waals surface area contributed by atoms with E-state index >= 15 is 0 Å². The van der Waals surface area contributed by atoms with Crippen LogP contribution in [-0.2, 0) is 0 Å². The molecule has 0 saturated heterocycles. The summed E-state index contributed by atoms with van der Waals surface area (Å²) < 4.78 is 0. The van der Waals surface area contributed by atoms with E-state index < -0.39 is 5.97 Å². The van der Waals surface area contributed by atoms with Crippen LogP contribution in [0.1, 0.15) is 29.6 Å². The first-order valence-corrected chi connectivity index (χ1v) is 5.41. The molecule has 1 aromatic heterocycles. The third-order valence-corrected chi connectivity index (χ3v) is 2.59. The Labute approximate surface area is 98.5 Å². The minimum Gasteiger partial charge on any atom is -0.478 e. The van der Waals surface area contributed by atoms with Crippen LogP contribution in [0.3, 0.4) is 0 Å². The number of nitrogens with zero attached hydrogens (tertiary/aromatic N) is 4. The summed E-state index contributed by atoms with van der Waals surface area (Å²) in [6.07, 6.45) is 5.17. The molecular formula is C11H12N4O2. The van der Waals surface area contributed by atoms with Crippen molar-refractivity contribution in [2.45, 2.75) is 25.3 Å². The van der Waals surface area contributed by atoms with Crippen molar-refractivity contribution in [3.05, 3.63) is 18.0 Å². The molecule has 0 aromatic carbocycles. The van der Waals surface area contributed by atoms with E-state index in [0.717, 1.165) is 12.8 Å². The number of hydrogen-bond donors (Lipinski definition) is 1. The van der Waals surface area contributed by atoms with E-state index in [1.165, 1.54) is 12.4 Å². The maximum absolute atomic E-state index is 10.7. The molecule has 6 heteroatoms. The Hall–Kier alpha value is -2.16. The monoisotopic (exact) mass is 232 g/mol. The number of carboxylic acid groups (broad SMARTS) is 1. The Kier molecular flexibility index (Phi) is 3.19. The summed E-state index contributed by atoms with van der Waals surface area (Å²) in [5.41, 5.74) is 0.0739. The van der Waals surface area contributed by atoms with Gasteiger partial charge in [0, 0.05) is 25.0 Å². The summed E-state index contributed by atoms with van der Waals surface area (Å²) in [7, 11) is 0. The van der Waals surface area contributed by atoms with Crippen molar-refractivity contribution in [3.63, 3.8) is 0 Å². The lowest BCUT2D eigenvalue weighted by molar-refractivity contribution is 0.0696. The van der Waals surface area contributed by atoms with Gasteiger partial charge < -0.3 is 10.0 Å². The summed E-state index contributed by atoms with van der Waals surface area (Å²) in [5, 5.41) is 17.3. The zero-order valence-corrected chi connectivity index (χ0v) is 9.20. The maximum Gasteiger partial charge on any atom is 0.338 e. The minimum atomic E-state index is -1.04. The van der Waals surface area contributed by atoms with Crippen LogP contribution in [0.5, 0.6) is 0 Å². The summed E-state index contributed by atoms with van der Waals surface area (Å²) in [6, 6.07) is 2.49. The molecule has 1 aliphatic carbocycles. The molecule has 1 heterocycles. The van der Waals surface area contributed by atoms with Gasteiger partial charge in [0.05, 0.1) is 18.1 Å². The predicted octanol–water partition coefficient (Wildman–Crippen LogP) is 1.06. The molecular weight excluding hydrogens is 220 g/mol. The standard InChI is InChI=1S/C11H12N4O2/c12-4-1-5-15(9-2-3-9)11-13-6-8(7-14-11)10(16)17/h6-7,9H,1-3,5H2,(H,16,17). The highest BCUT2D eigenvalue weighted by Gasteiger charge is 2.30. The van der Waals surface area contributed by atoms with Crippen LogP contribution in [0.4, 0.5) is 5.95 Å². The van der Waals surface area contributed by atoms with Gasteiger partial charge in [-0.25, -0.2) is 14.8 Å². The normalized spacial score (nSPS) is 14.1. The lowest BCUT2D eigenvalue weighted by atomic mass is 10.3. The van der Waals surface area contributed by atoms with E-state index in [1.807, 2.05) is 4.90 Å². The van der Waals surface area contributed by atoms with Crippen LogP contribution in [0.15, 0.2) is 12.4 Å². The molecule has 88 valence electrons. The fourth-order valence-electron chi connectivity index (χ4n) is 1.58. The molecule has 0 aliphatic heterocycles. The van der Waals surface area contributed by atoms with Gasteiger partial charge in [-0.1, -0.05) is 0 Å². The van der Waals surface area contributed by atoms with E-state index in [1.54, 1.807) is 0 Å². The zero-order valence-electron chi connectivity index (χ0n) is 9.20. The molecule has 0 atom stereocenters. The van der Waals surface area contributed by atoms with Crippen molar-refractivity contribution in [1.82, 2.24) is 9.97 Å². The molecule has 0 bridgehead atoms. The van der Waals surface area contributed by atoms with Crippen LogP contribution in [0.2, 0.25) is 0 Å². The summed E-state index contributed by atoms with van der Waals surface area (Å²) >= 11 is 0. The Morgan fingerprint density at radius 3 is 2.65 bits per heavy atom. The average Bonchev–Trinajstić information content (AvgIpc) is 3.14. The van der Waals surface area contributed by atoms with Crippen molar-refractivity contribution in [1.29, 1.82) is 5.26 Å². The number of aromatic carboxylic acids is 1. The largest absolute Gasteiger partial charge is 0.478 e. The smallest absolute Gasteiger partial charge is 0.338 e. The van der Waals surface area contributed by atoms with E-state index in [4.69, 9.17) is 10.4 Å². The number of carboxylic acids is 1. The molecule has 0 spiro atoms. The Morgan fingerprint density at radius 2 is 2.18 bits per heavy atom. The molecule has 2 rings (SSSR count). The first kappa shape index (κ1) is 11.3. The van der Waals surface area contributed by atoms with Crippen LogP contribution in [-0.4, -0.2) is 33.6 Å². The highest BCUT2D eigenvalue weighted by molar-refractivity contribution is 5.86. The van der Waals surface area contributed by atoms with Crippen LogP contribution >= 0.6 is 0 Å². The fourth-order valence-corrected chi connectivity index (χ4v) is 1.58. The molecule has 0 unspecified atom stereocenters. The second-order valence-corrected chi connectivity index (χ2v) is 3.91. The van der Waals surface area contributed by atoms with E-state index in [2.05, 4.69) is 16.0 Å². The second-order valence-electron chi connectivity index (χ2n) is 3.91. The molecule has 1 aromatic rings. The number of aromatic nitrogens is 2. The summed E-state index contributed by atoms with van der Waals surface area (Å²) in [4.78, 5) is 20.7. The Balaban J connectivity index is 2.13. The van der Waals surface area contributed by atoms with Gasteiger partial charge in [0.25, 0.3) is 0 Å². The summed E-state index contributed by atoms with van der Waals surface area (Å²) in [6.45, 7) is 0.591. The van der Waals surface area contributed by atoms with Gasteiger partial charge in [0.1, 0.15) is 0 Å². The molecule has 0 radical (unpaired) electrons. The fraction of sp³-hybridized carbons (Fsp3) is 0.455. The van der Waals surface area contributed by atoms with Gasteiger partial charge in [0.2, 0.25) is 5.95 Å². The van der Waals surface area contributed by atoms with E-state index in [0.29, 0.717) is 25.0 Å². The SMILES string of the molecule is N#CCCN(c1ncc(C(=O)O)cn1)C1CC1. The number of nitriles is 1. The number of hydrogen-bond acceptors (Lipinski definition) is 5. The number of rotatable bonds is 5. The zero-order chi connectivity index (χ0) is 12.3. The third-order valence-electron chi connectivity index (χ3n) is 2.59. The third kappa shape index (κ3) is 2.69. The quantitative estimate of drug-likeness (QED) is 0.816. The molecule has 6 nitrogen and oxygen atoms in total. The Bertz CT molecular complexity index is 448. The van der Waals surface area contributed by atoms with Gasteiger partial charge >= 0.3 is 5.97 Å². The first-order chi connectivity index (χ1) is 8.22. The number of carbonyl (C=O) groups is 1. The molecule has 1 N–H and O–H groups in total. The van der Waals surface area contributed by atoms with Gasteiger partial charge in [-0.05, 0) is 12.8 Å². The van der Waals surface area contributed by atoms with Gasteiger partial charge in [-0.2, -0.15) is 5.26 Å². The Morgan fingerprint density at radius 1 is 1.53 bits per heavy atom. The molecule has 1 saturated carbocycles. The maximum atomic E-state index is 10.7. The van der Waals surface area contributed by atoms with Crippen molar-refractivity contribution < 1.29 is 9.90 Å². The highest BCUT2D eigenvalue weighted by atomic mass is 16.4. The predicted molar refractivity (Wildman–Crippen MR) is 59.6 cm³/mol. The van der Waals surface area contributed by atoms with Crippen LogP contribution in [0, 0.1) is 11.3 Å². The summed E-state index contributed by atoms with van der Waals surface area (Å²) in [5.74, 6) is -0.528. The van der Waals surface area contributed by atoms with Crippen molar-refractivity contribution in [2.75, 3.05) is 11.4 Å². The van der Waals surface area contributed by atoms with Gasteiger partial charge in [-0.3, -0.25) is 0 Å². The minimum absolute atomic E-state index is 0.0739. The van der Waals surface area contributed by atoms with Crippen molar-refractivity contribution in [3.8, 4) is 6.07 Å². The molecule has 17 heavy (non-hydrogen) atoms. The van der Waals surface area contributed by atoms with Crippen molar-refractivity contribution in [2.24, 2.45) is 0 Å². The van der Waals surface area contributed by atoms with Gasteiger partial charge in [-0.15, -0.1) is 0 Å². The lowest BCUT2D eigenvalue weighted by Crippen LogP contribution is -2.28. The van der Waals surface area contributed by atoms with Gasteiger partial charge in [0.15, 0.2) is 0 Å². The molecule has 0 amide bonds. The topological polar surface area (TPSA) is 90.1 Å². The van der Waals surface area contributed by atoms with Crippen molar-refractivity contribution >= 4 is 11.9 Å². The number of anilines is 1. The van der Waals surface area contributed by atoms with Crippen LogP contribution < -0.4 is 4.90 Å².